The number of methoxy groups -OCH3 is 1. The van der Waals surface area contributed by atoms with E-state index in [4.69, 9.17) is 19.5 Å². The second-order valence-electron chi connectivity index (χ2n) is 19.6. The summed E-state index contributed by atoms with van der Waals surface area (Å²) < 4.78 is 14.3. The number of carbonyl (C=O) groups is 5. The standard InChI is InChI=1S/C48H66N10O7S/c1-10-57-38-16-15-29-19-32(38)33(42(57)31-13-11-17-49-40(31)28(4)64-9)21-48(5,6)26-65-46(62)34-14-12-18-58(53-34)45(61)35(20-39-51-37(29)25-66-39)52-43(59)41(27(2)3)55(8)47(63)56-23-30(24-56)54(7)44(60)36-22-50-36/h15-17,19,25,27-28,30,34-36,41,50,53H,10-14,18,20-24,26H2,1-9H3,(H,52,59)/t28-,34-,35-,36-,41-/m0/s1. The van der Waals surface area contributed by atoms with Crippen LogP contribution in [0.15, 0.2) is 34.3 Å². The number of hydrazine groups is 1. The first-order valence-electron chi connectivity index (χ1n) is 23.4. The van der Waals surface area contributed by atoms with E-state index in [1.165, 1.54) is 21.2 Å². The zero-order chi connectivity index (χ0) is 47.2. The molecular formula is C48H66N10O7S. The molecule has 5 aliphatic heterocycles. The first-order chi connectivity index (χ1) is 31.5. The number of aryl methyl sites for hydroxylation is 1. The summed E-state index contributed by atoms with van der Waals surface area (Å²) in [4.78, 5) is 84.2. The summed E-state index contributed by atoms with van der Waals surface area (Å²) in [6.07, 6.45) is 5.12. The fraction of sp³-hybridized carbons (Fsp3) is 0.604. The Morgan fingerprint density at radius 1 is 1.14 bits per heavy atom. The van der Waals surface area contributed by atoms with Crippen LogP contribution >= 0.6 is 11.3 Å². The highest BCUT2D eigenvalue weighted by Gasteiger charge is 2.44. The van der Waals surface area contributed by atoms with Gasteiger partial charge in [0.1, 0.15) is 18.1 Å². The topological polar surface area (TPSA) is 193 Å². The number of nitrogens with one attached hydrogen (secondary N) is 3. The number of amides is 5. The number of thiazole rings is 1. The van der Waals surface area contributed by atoms with Crippen molar-refractivity contribution in [2.45, 2.75) is 123 Å². The van der Waals surface area contributed by atoms with Gasteiger partial charge in [0, 0.05) is 99.4 Å². The van der Waals surface area contributed by atoms with Crippen LogP contribution in [0.2, 0.25) is 0 Å². The second-order valence-corrected chi connectivity index (χ2v) is 20.5. The van der Waals surface area contributed by atoms with E-state index >= 15 is 0 Å². The SMILES string of the molecule is CCn1c(C2=C([C@H](C)OC)N=CCC2)c2c3cc(ccc31)-c1csc(n1)C[C@H](NC(=O)[C@H](C(C)C)N(C)C(=O)N1CC(N(C)C(=O)[C@@H]3CN3)C1)C(=O)N1CCC[C@H](N1)C(=O)OCC(C)(C)C2. The smallest absolute Gasteiger partial charge is 0.324 e. The van der Waals surface area contributed by atoms with Gasteiger partial charge in [0.05, 0.1) is 46.9 Å². The molecule has 0 spiro atoms. The van der Waals surface area contributed by atoms with E-state index in [1.807, 2.05) is 32.4 Å². The lowest BCUT2D eigenvalue weighted by molar-refractivity contribution is -0.155. The third-order valence-electron chi connectivity index (χ3n) is 13.8. The number of esters is 1. The second kappa shape index (κ2) is 19.2. The number of carbonyl (C=O) groups excluding carboxylic acids is 5. The molecule has 2 aromatic heterocycles. The fourth-order valence-corrected chi connectivity index (χ4v) is 10.7. The summed E-state index contributed by atoms with van der Waals surface area (Å²) in [6, 6.07) is 3.08. The number of ether oxygens (including phenoxy) is 2. The van der Waals surface area contributed by atoms with E-state index in [-0.39, 0.29) is 49.1 Å². The number of hydrogen-bond acceptors (Lipinski definition) is 12. The number of likely N-dealkylation sites (tertiary alicyclic amines) is 1. The van der Waals surface area contributed by atoms with Gasteiger partial charge in [-0.2, -0.15) is 0 Å². The Morgan fingerprint density at radius 3 is 2.59 bits per heavy atom. The molecule has 17 nitrogen and oxygen atoms in total. The molecule has 66 heavy (non-hydrogen) atoms. The number of benzene rings is 1. The van der Waals surface area contributed by atoms with Crippen molar-refractivity contribution < 1.29 is 33.4 Å². The van der Waals surface area contributed by atoms with Crippen LogP contribution < -0.4 is 16.1 Å². The van der Waals surface area contributed by atoms with Gasteiger partial charge in [-0.3, -0.25) is 29.2 Å². The molecule has 5 amide bonds. The Morgan fingerprint density at radius 2 is 1.89 bits per heavy atom. The van der Waals surface area contributed by atoms with Crippen LogP contribution in [0.4, 0.5) is 4.79 Å². The Labute approximate surface area is 391 Å². The van der Waals surface area contributed by atoms with E-state index in [1.54, 1.807) is 31.0 Å². The summed E-state index contributed by atoms with van der Waals surface area (Å²) in [6.45, 7) is 14.7. The third kappa shape index (κ3) is 9.51. The molecular weight excluding hydrogens is 861 g/mol. The van der Waals surface area contributed by atoms with Crippen LogP contribution in [-0.2, 0) is 48.0 Å². The monoisotopic (exact) mass is 926 g/mol. The van der Waals surface area contributed by atoms with Crippen LogP contribution in [0.3, 0.4) is 0 Å². The maximum atomic E-state index is 14.6. The maximum Gasteiger partial charge on any atom is 0.324 e. The average molecular weight is 927 g/mol. The van der Waals surface area contributed by atoms with Gasteiger partial charge in [-0.1, -0.05) is 33.8 Å². The third-order valence-corrected chi connectivity index (χ3v) is 14.6. The number of aromatic nitrogens is 2. The van der Waals surface area contributed by atoms with E-state index in [0.717, 1.165) is 64.1 Å². The molecule has 0 saturated carbocycles. The summed E-state index contributed by atoms with van der Waals surface area (Å²) in [5.41, 5.74) is 9.77. The zero-order valence-corrected chi connectivity index (χ0v) is 40.6. The van der Waals surface area contributed by atoms with Crippen molar-refractivity contribution in [2.75, 3.05) is 54.0 Å². The van der Waals surface area contributed by atoms with Crippen molar-refractivity contribution in [1.29, 1.82) is 0 Å². The number of urea groups is 1. The van der Waals surface area contributed by atoms with Crippen molar-refractivity contribution in [2.24, 2.45) is 16.3 Å². The van der Waals surface area contributed by atoms with Gasteiger partial charge < -0.3 is 39.4 Å². The van der Waals surface area contributed by atoms with E-state index in [2.05, 4.69) is 59.6 Å². The van der Waals surface area contributed by atoms with Crippen molar-refractivity contribution >= 4 is 63.7 Å². The van der Waals surface area contributed by atoms with Crippen LogP contribution in [0.5, 0.6) is 0 Å². The molecule has 3 aromatic rings. The fourth-order valence-electron chi connectivity index (χ4n) is 9.87. The van der Waals surface area contributed by atoms with E-state index in [0.29, 0.717) is 50.4 Å². The van der Waals surface area contributed by atoms with Crippen molar-refractivity contribution in [3.63, 3.8) is 0 Å². The lowest BCUT2D eigenvalue weighted by atomic mass is 9.83. The summed E-state index contributed by atoms with van der Waals surface area (Å²) >= 11 is 1.42. The molecule has 3 N–H and O–H groups in total. The number of rotatable bonds is 10. The summed E-state index contributed by atoms with van der Waals surface area (Å²) in [5, 5.41) is 11.2. The highest BCUT2D eigenvalue weighted by molar-refractivity contribution is 7.10. The molecule has 5 atom stereocenters. The number of likely N-dealkylation sites (N-methyl/N-ethyl adjacent to an activating group) is 2. The minimum Gasteiger partial charge on any atom is -0.464 e. The molecule has 0 radical (unpaired) electrons. The lowest BCUT2D eigenvalue weighted by Gasteiger charge is -2.46. The molecule has 18 heteroatoms. The Kier molecular flexibility index (Phi) is 13.8. The molecule has 5 aliphatic rings. The lowest BCUT2D eigenvalue weighted by Crippen LogP contribution is -2.66. The molecule has 0 aliphatic carbocycles. The maximum absolute atomic E-state index is 14.6. The van der Waals surface area contributed by atoms with Gasteiger partial charge in [0.25, 0.3) is 5.91 Å². The number of fused-ring (bicyclic) bond motifs is 6. The largest absolute Gasteiger partial charge is 0.464 e. The van der Waals surface area contributed by atoms with Gasteiger partial charge in [0.2, 0.25) is 11.8 Å². The van der Waals surface area contributed by atoms with Crippen LogP contribution in [0, 0.1) is 11.3 Å². The Balaban J connectivity index is 1.12. The quantitative estimate of drug-likeness (QED) is 0.196. The Hall–Kier alpha value is -5.17. The summed E-state index contributed by atoms with van der Waals surface area (Å²) in [5.74, 6) is -1.63. The van der Waals surface area contributed by atoms with E-state index in [9.17, 15) is 24.0 Å². The van der Waals surface area contributed by atoms with Crippen molar-refractivity contribution in [3.05, 3.63) is 45.5 Å². The highest BCUT2D eigenvalue weighted by atomic mass is 32.1. The van der Waals surface area contributed by atoms with Crippen LogP contribution in [0.25, 0.3) is 27.7 Å². The number of cyclic esters (lactones) is 1. The number of allylic oxidation sites excluding steroid dienone is 1. The normalized spacial score (nSPS) is 23.3. The average Bonchev–Trinajstić information content (AvgIpc) is 3.96. The molecule has 8 rings (SSSR count). The number of nitrogens with zero attached hydrogens (tertiary/aromatic N) is 7. The minimum absolute atomic E-state index is 0.0127. The van der Waals surface area contributed by atoms with Gasteiger partial charge in [-0.25, -0.2) is 15.2 Å². The highest BCUT2D eigenvalue weighted by Crippen LogP contribution is 2.42. The van der Waals surface area contributed by atoms with Crippen molar-refractivity contribution in [3.8, 4) is 11.3 Å². The first-order valence-corrected chi connectivity index (χ1v) is 24.3. The molecule has 6 bridgehead atoms. The van der Waals surface area contributed by atoms with Crippen molar-refractivity contribution in [1.82, 2.24) is 45.3 Å². The number of aliphatic imine (C=N–C) groups is 1. The molecule has 3 saturated heterocycles. The van der Waals surface area contributed by atoms with Gasteiger partial charge in [0.15, 0.2) is 0 Å². The Bertz CT molecular complexity index is 2430. The van der Waals surface area contributed by atoms with Gasteiger partial charge in [-0.05, 0) is 69.6 Å². The number of hydrogen-bond donors (Lipinski definition) is 3. The van der Waals surface area contributed by atoms with Gasteiger partial charge in [-0.15, -0.1) is 11.3 Å². The van der Waals surface area contributed by atoms with Crippen LogP contribution in [0.1, 0.15) is 83.5 Å². The predicted octanol–water partition coefficient (Wildman–Crippen LogP) is 4.23. The zero-order valence-electron chi connectivity index (χ0n) is 39.8. The predicted molar refractivity (Wildman–Crippen MR) is 253 cm³/mol. The molecule has 0 unspecified atom stereocenters. The van der Waals surface area contributed by atoms with Crippen LogP contribution in [-0.4, -0.2) is 156 Å². The molecule has 7 heterocycles. The first kappa shape index (κ1) is 47.3. The van der Waals surface area contributed by atoms with Gasteiger partial charge >= 0.3 is 12.0 Å². The summed E-state index contributed by atoms with van der Waals surface area (Å²) in [7, 11) is 5.07. The van der Waals surface area contributed by atoms with E-state index < -0.39 is 41.3 Å². The molecule has 356 valence electrons. The molecule has 1 aromatic carbocycles. The minimum atomic E-state index is -1.07. The molecule has 3 fully saturated rings.